The summed E-state index contributed by atoms with van der Waals surface area (Å²) in [6.07, 6.45) is 5.16. The van der Waals surface area contributed by atoms with E-state index in [4.69, 9.17) is 4.74 Å². The largest absolute Gasteiger partial charge is 0.479 e. The van der Waals surface area contributed by atoms with Crippen LogP contribution in [-0.4, -0.2) is 17.2 Å². The zero-order chi connectivity index (χ0) is 14.4. The molecular weight excluding hydrogens is 252 g/mol. The predicted molar refractivity (Wildman–Crippen MR) is 78.4 cm³/mol. The van der Waals surface area contributed by atoms with Crippen molar-refractivity contribution in [2.45, 2.75) is 45.3 Å². The summed E-state index contributed by atoms with van der Waals surface area (Å²) in [5.41, 5.74) is 2.23. The maximum Gasteiger partial charge on any atom is 0.333 e. The second-order valence-corrected chi connectivity index (χ2v) is 5.57. The molecule has 1 aliphatic rings. The van der Waals surface area contributed by atoms with Crippen LogP contribution in [0.1, 0.15) is 38.2 Å². The monoisotopic (exact) mass is 274 g/mol. The SMILES string of the molecule is C[C@@H]1CC=C(C[C@@H](OCc2ccccc2)C(=O)O)CC1. The van der Waals surface area contributed by atoms with E-state index in [0.717, 1.165) is 24.8 Å². The molecular formula is C17H22O3. The maximum atomic E-state index is 11.3. The van der Waals surface area contributed by atoms with Gasteiger partial charge in [0.1, 0.15) is 0 Å². The topological polar surface area (TPSA) is 46.5 Å². The Morgan fingerprint density at radius 3 is 2.75 bits per heavy atom. The third kappa shape index (κ3) is 4.49. The molecule has 0 unspecified atom stereocenters. The number of hydrogen-bond donors (Lipinski definition) is 1. The Morgan fingerprint density at radius 1 is 1.40 bits per heavy atom. The molecule has 108 valence electrons. The number of benzene rings is 1. The van der Waals surface area contributed by atoms with E-state index in [0.29, 0.717) is 18.9 Å². The fourth-order valence-electron chi connectivity index (χ4n) is 2.43. The molecule has 1 aliphatic carbocycles. The van der Waals surface area contributed by atoms with E-state index < -0.39 is 12.1 Å². The average Bonchev–Trinajstić information content (AvgIpc) is 2.46. The van der Waals surface area contributed by atoms with Gasteiger partial charge >= 0.3 is 5.97 Å². The highest BCUT2D eigenvalue weighted by Crippen LogP contribution is 2.26. The molecule has 2 atom stereocenters. The zero-order valence-corrected chi connectivity index (χ0v) is 11.9. The Balaban J connectivity index is 1.89. The van der Waals surface area contributed by atoms with E-state index >= 15 is 0 Å². The second-order valence-electron chi connectivity index (χ2n) is 5.57. The highest BCUT2D eigenvalue weighted by atomic mass is 16.5. The molecule has 0 aromatic heterocycles. The van der Waals surface area contributed by atoms with Crippen molar-refractivity contribution < 1.29 is 14.6 Å². The molecule has 0 bridgehead atoms. The number of ether oxygens (including phenoxy) is 1. The lowest BCUT2D eigenvalue weighted by molar-refractivity contribution is -0.151. The lowest BCUT2D eigenvalue weighted by Gasteiger charge is -2.21. The molecule has 0 fully saturated rings. The molecule has 0 saturated heterocycles. The summed E-state index contributed by atoms with van der Waals surface area (Å²) < 4.78 is 5.58. The summed E-state index contributed by atoms with van der Waals surface area (Å²) in [5, 5.41) is 9.28. The normalized spacial score (nSPS) is 20.2. The van der Waals surface area contributed by atoms with E-state index in [9.17, 15) is 9.90 Å². The van der Waals surface area contributed by atoms with Crippen LogP contribution in [0.15, 0.2) is 42.0 Å². The van der Waals surface area contributed by atoms with Crippen LogP contribution in [0.5, 0.6) is 0 Å². The van der Waals surface area contributed by atoms with Crippen molar-refractivity contribution >= 4 is 5.97 Å². The van der Waals surface area contributed by atoms with Crippen molar-refractivity contribution in [1.29, 1.82) is 0 Å². The molecule has 2 rings (SSSR count). The standard InChI is InChI=1S/C17H22O3/c1-13-7-9-14(10-8-13)11-16(17(18)19)20-12-15-5-3-2-4-6-15/h2-6,9,13,16H,7-8,10-12H2,1H3,(H,18,19)/t13-,16-/m1/s1. The van der Waals surface area contributed by atoms with E-state index in [1.165, 1.54) is 5.57 Å². The average molecular weight is 274 g/mol. The van der Waals surface area contributed by atoms with Gasteiger partial charge in [-0.25, -0.2) is 4.79 Å². The first-order chi connectivity index (χ1) is 9.65. The Morgan fingerprint density at radius 2 is 2.15 bits per heavy atom. The number of aliphatic carboxylic acids is 1. The summed E-state index contributed by atoms with van der Waals surface area (Å²) >= 11 is 0. The van der Waals surface area contributed by atoms with Gasteiger partial charge in [0.15, 0.2) is 6.10 Å². The molecule has 3 heteroatoms. The van der Waals surface area contributed by atoms with Gasteiger partial charge in [-0.05, 0) is 30.7 Å². The quantitative estimate of drug-likeness (QED) is 0.803. The lowest BCUT2D eigenvalue weighted by atomic mass is 9.88. The Labute approximate surface area is 120 Å². The maximum absolute atomic E-state index is 11.3. The Hall–Kier alpha value is -1.61. The van der Waals surface area contributed by atoms with Crippen molar-refractivity contribution in [1.82, 2.24) is 0 Å². The summed E-state index contributed by atoms with van der Waals surface area (Å²) in [7, 11) is 0. The fraction of sp³-hybridized carbons (Fsp3) is 0.471. The molecule has 0 spiro atoms. The lowest BCUT2D eigenvalue weighted by Crippen LogP contribution is -2.25. The van der Waals surface area contributed by atoms with Crippen LogP contribution in [0.4, 0.5) is 0 Å². The van der Waals surface area contributed by atoms with Gasteiger partial charge in [0.25, 0.3) is 0 Å². The minimum absolute atomic E-state index is 0.349. The number of carboxylic acids is 1. The Kier molecular flexibility index (Phi) is 5.36. The van der Waals surface area contributed by atoms with Gasteiger partial charge < -0.3 is 9.84 Å². The summed E-state index contributed by atoms with van der Waals surface area (Å²) in [6, 6.07) is 9.69. The van der Waals surface area contributed by atoms with Gasteiger partial charge in [0.2, 0.25) is 0 Å². The van der Waals surface area contributed by atoms with Crippen LogP contribution < -0.4 is 0 Å². The van der Waals surface area contributed by atoms with E-state index in [-0.39, 0.29) is 0 Å². The number of carbonyl (C=O) groups is 1. The van der Waals surface area contributed by atoms with Crippen LogP contribution in [0, 0.1) is 5.92 Å². The van der Waals surface area contributed by atoms with E-state index in [1.807, 2.05) is 30.3 Å². The summed E-state index contributed by atoms with van der Waals surface area (Å²) in [5.74, 6) is -0.160. The molecule has 0 amide bonds. The fourth-order valence-corrected chi connectivity index (χ4v) is 2.43. The summed E-state index contributed by atoms with van der Waals surface area (Å²) in [6.45, 7) is 2.58. The van der Waals surface area contributed by atoms with E-state index in [2.05, 4.69) is 13.0 Å². The third-order valence-electron chi connectivity index (χ3n) is 3.78. The van der Waals surface area contributed by atoms with Crippen LogP contribution >= 0.6 is 0 Å². The van der Waals surface area contributed by atoms with Gasteiger partial charge in [0, 0.05) is 6.42 Å². The van der Waals surface area contributed by atoms with Gasteiger partial charge in [0.05, 0.1) is 6.61 Å². The zero-order valence-electron chi connectivity index (χ0n) is 11.9. The Bertz CT molecular complexity index is 464. The smallest absolute Gasteiger partial charge is 0.333 e. The first kappa shape index (κ1) is 14.8. The van der Waals surface area contributed by atoms with Gasteiger partial charge in [-0.1, -0.05) is 48.9 Å². The number of carboxylic acid groups (broad SMARTS) is 1. The van der Waals surface area contributed by atoms with Gasteiger partial charge in [-0.3, -0.25) is 0 Å². The highest BCUT2D eigenvalue weighted by Gasteiger charge is 2.21. The molecule has 0 aliphatic heterocycles. The highest BCUT2D eigenvalue weighted by molar-refractivity contribution is 5.72. The summed E-state index contributed by atoms with van der Waals surface area (Å²) in [4.78, 5) is 11.3. The first-order valence-corrected chi connectivity index (χ1v) is 7.21. The first-order valence-electron chi connectivity index (χ1n) is 7.21. The van der Waals surface area contributed by atoms with Crippen LogP contribution in [-0.2, 0) is 16.1 Å². The van der Waals surface area contributed by atoms with Crippen molar-refractivity contribution in [3.8, 4) is 0 Å². The number of allylic oxidation sites excluding steroid dienone is 1. The van der Waals surface area contributed by atoms with Crippen molar-refractivity contribution in [2.24, 2.45) is 5.92 Å². The van der Waals surface area contributed by atoms with Crippen LogP contribution in [0.3, 0.4) is 0 Å². The molecule has 0 heterocycles. The second kappa shape index (κ2) is 7.25. The predicted octanol–water partition coefficient (Wildman–Crippen LogP) is 3.79. The van der Waals surface area contributed by atoms with Gasteiger partial charge in [-0.2, -0.15) is 0 Å². The molecule has 0 radical (unpaired) electrons. The minimum Gasteiger partial charge on any atom is -0.479 e. The van der Waals surface area contributed by atoms with Crippen LogP contribution in [0.2, 0.25) is 0 Å². The number of hydrogen-bond acceptors (Lipinski definition) is 2. The molecule has 20 heavy (non-hydrogen) atoms. The minimum atomic E-state index is -0.875. The van der Waals surface area contributed by atoms with Gasteiger partial charge in [-0.15, -0.1) is 0 Å². The molecule has 0 saturated carbocycles. The third-order valence-corrected chi connectivity index (χ3v) is 3.78. The van der Waals surface area contributed by atoms with Crippen molar-refractivity contribution in [2.75, 3.05) is 0 Å². The van der Waals surface area contributed by atoms with Crippen molar-refractivity contribution in [3.05, 3.63) is 47.5 Å². The molecule has 3 nitrogen and oxygen atoms in total. The molecule has 1 aromatic rings. The molecule has 1 N–H and O–H groups in total. The van der Waals surface area contributed by atoms with E-state index in [1.54, 1.807) is 0 Å². The van der Waals surface area contributed by atoms with Crippen LogP contribution in [0.25, 0.3) is 0 Å². The van der Waals surface area contributed by atoms with Crippen molar-refractivity contribution in [3.63, 3.8) is 0 Å². The number of rotatable bonds is 6. The molecule has 1 aromatic carbocycles.